The maximum Gasteiger partial charge on any atom is 0.185 e. The molecule has 2 aromatic rings. The van der Waals surface area contributed by atoms with Crippen molar-refractivity contribution in [1.82, 2.24) is 4.98 Å². The van der Waals surface area contributed by atoms with E-state index in [2.05, 4.69) is 4.98 Å². The van der Waals surface area contributed by atoms with E-state index in [0.29, 0.717) is 11.3 Å². The maximum absolute atomic E-state index is 11.8. The number of aromatic nitrogens is 1. The highest BCUT2D eigenvalue weighted by Crippen LogP contribution is 2.09. The van der Waals surface area contributed by atoms with E-state index in [1.807, 2.05) is 12.1 Å². The molecule has 3 nitrogen and oxygen atoms in total. The Morgan fingerprint density at radius 1 is 1.18 bits per heavy atom. The van der Waals surface area contributed by atoms with Gasteiger partial charge in [0, 0.05) is 23.6 Å². The zero-order valence-corrected chi connectivity index (χ0v) is 9.21. The molecule has 2 rings (SSSR count). The Hall–Kier alpha value is -2.42. The van der Waals surface area contributed by atoms with E-state index >= 15 is 0 Å². The lowest BCUT2D eigenvalue weighted by atomic mass is 10.1. The molecule has 2 N–H and O–H groups in total. The average molecular weight is 224 g/mol. The van der Waals surface area contributed by atoms with Gasteiger partial charge in [0.1, 0.15) is 0 Å². The smallest absolute Gasteiger partial charge is 0.185 e. The van der Waals surface area contributed by atoms with Crippen LogP contribution in [0.1, 0.15) is 15.9 Å². The number of nitrogens with two attached hydrogens (primary N) is 1. The molecule has 3 heteroatoms. The Balaban J connectivity index is 2.15. The van der Waals surface area contributed by atoms with Gasteiger partial charge in [-0.1, -0.05) is 18.2 Å². The van der Waals surface area contributed by atoms with Gasteiger partial charge < -0.3 is 5.73 Å². The van der Waals surface area contributed by atoms with Gasteiger partial charge in [-0.05, 0) is 35.9 Å². The Labute approximate surface area is 99.6 Å². The van der Waals surface area contributed by atoms with E-state index < -0.39 is 0 Å². The normalized spacial score (nSPS) is 10.6. The fourth-order valence-electron chi connectivity index (χ4n) is 1.43. The zero-order chi connectivity index (χ0) is 12.1. The molecule has 17 heavy (non-hydrogen) atoms. The van der Waals surface area contributed by atoms with Gasteiger partial charge >= 0.3 is 0 Å². The highest BCUT2D eigenvalue weighted by molar-refractivity contribution is 6.07. The van der Waals surface area contributed by atoms with E-state index in [1.54, 1.807) is 42.7 Å². The number of nitrogen functional groups attached to an aromatic ring is 1. The van der Waals surface area contributed by atoms with E-state index in [0.717, 1.165) is 5.56 Å². The van der Waals surface area contributed by atoms with Crippen molar-refractivity contribution >= 4 is 17.5 Å². The van der Waals surface area contributed by atoms with Crippen LogP contribution < -0.4 is 5.73 Å². The second-order valence-corrected chi connectivity index (χ2v) is 3.60. The van der Waals surface area contributed by atoms with Crippen LogP contribution in [0.5, 0.6) is 0 Å². The summed E-state index contributed by atoms with van der Waals surface area (Å²) >= 11 is 0. The first-order chi connectivity index (χ1) is 8.25. The second kappa shape index (κ2) is 5.07. The third kappa shape index (κ3) is 3.01. The molecule has 0 radical (unpaired) electrons. The third-order valence-electron chi connectivity index (χ3n) is 2.30. The van der Waals surface area contributed by atoms with Crippen molar-refractivity contribution in [3.05, 3.63) is 66.0 Å². The summed E-state index contributed by atoms with van der Waals surface area (Å²) in [6.07, 6.45) is 6.66. The molecule has 0 aliphatic rings. The van der Waals surface area contributed by atoms with E-state index in [1.165, 1.54) is 6.08 Å². The number of hydrogen-bond donors (Lipinski definition) is 1. The highest BCUT2D eigenvalue weighted by atomic mass is 16.1. The summed E-state index contributed by atoms with van der Waals surface area (Å²) < 4.78 is 0. The Bertz CT molecular complexity index is 547. The largest absolute Gasteiger partial charge is 0.399 e. The molecule has 1 heterocycles. The van der Waals surface area contributed by atoms with Crippen LogP contribution in [0.15, 0.2) is 54.9 Å². The molecular weight excluding hydrogens is 212 g/mol. The number of pyridine rings is 1. The van der Waals surface area contributed by atoms with E-state index in [-0.39, 0.29) is 5.78 Å². The summed E-state index contributed by atoms with van der Waals surface area (Å²) in [6, 6.07) is 10.6. The minimum Gasteiger partial charge on any atom is -0.399 e. The SMILES string of the molecule is Nc1cccc(C(=O)C=Cc2ccncc2)c1. The highest BCUT2D eigenvalue weighted by Gasteiger charge is 2.00. The molecule has 1 aromatic carbocycles. The molecule has 0 amide bonds. The van der Waals surface area contributed by atoms with Gasteiger partial charge in [-0.25, -0.2) is 0 Å². The number of nitrogens with zero attached hydrogens (tertiary/aromatic N) is 1. The Kier molecular flexibility index (Phi) is 3.31. The third-order valence-corrected chi connectivity index (χ3v) is 2.30. The van der Waals surface area contributed by atoms with E-state index in [4.69, 9.17) is 5.73 Å². The van der Waals surface area contributed by atoms with Crippen molar-refractivity contribution in [2.45, 2.75) is 0 Å². The van der Waals surface area contributed by atoms with Crippen LogP contribution >= 0.6 is 0 Å². The van der Waals surface area contributed by atoms with Crippen molar-refractivity contribution < 1.29 is 4.79 Å². The molecule has 0 fully saturated rings. The average Bonchev–Trinajstić information content (AvgIpc) is 2.37. The lowest BCUT2D eigenvalue weighted by molar-refractivity contribution is 0.104. The number of hydrogen-bond acceptors (Lipinski definition) is 3. The Morgan fingerprint density at radius 2 is 1.94 bits per heavy atom. The van der Waals surface area contributed by atoms with Gasteiger partial charge in [-0.15, -0.1) is 0 Å². The molecule has 0 bridgehead atoms. The summed E-state index contributed by atoms with van der Waals surface area (Å²) in [4.78, 5) is 15.7. The van der Waals surface area contributed by atoms with Gasteiger partial charge in [0.2, 0.25) is 0 Å². The predicted molar refractivity (Wildman–Crippen MR) is 68.5 cm³/mol. The molecule has 0 saturated carbocycles. The molecular formula is C14H12N2O. The monoisotopic (exact) mass is 224 g/mol. The predicted octanol–water partition coefficient (Wildman–Crippen LogP) is 2.56. The molecule has 0 aliphatic heterocycles. The molecule has 0 spiro atoms. The second-order valence-electron chi connectivity index (χ2n) is 3.60. The minimum absolute atomic E-state index is 0.0610. The maximum atomic E-state index is 11.8. The van der Waals surface area contributed by atoms with Gasteiger partial charge in [0.15, 0.2) is 5.78 Å². The van der Waals surface area contributed by atoms with Crippen molar-refractivity contribution in [3.63, 3.8) is 0 Å². The number of rotatable bonds is 3. The van der Waals surface area contributed by atoms with Gasteiger partial charge in [-0.3, -0.25) is 9.78 Å². The van der Waals surface area contributed by atoms with Gasteiger partial charge in [0.25, 0.3) is 0 Å². The topological polar surface area (TPSA) is 56.0 Å². The molecule has 84 valence electrons. The summed E-state index contributed by atoms with van der Waals surface area (Å²) in [5.74, 6) is -0.0610. The van der Waals surface area contributed by atoms with Crippen LogP contribution in [0.4, 0.5) is 5.69 Å². The van der Waals surface area contributed by atoms with Crippen LogP contribution in [-0.4, -0.2) is 10.8 Å². The van der Waals surface area contributed by atoms with Crippen LogP contribution in [0.2, 0.25) is 0 Å². The van der Waals surface area contributed by atoms with Crippen molar-refractivity contribution in [2.75, 3.05) is 5.73 Å². The van der Waals surface area contributed by atoms with Gasteiger partial charge in [0.05, 0.1) is 0 Å². The molecule has 0 atom stereocenters. The number of allylic oxidation sites excluding steroid dienone is 1. The van der Waals surface area contributed by atoms with E-state index in [9.17, 15) is 4.79 Å². The van der Waals surface area contributed by atoms with Crippen LogP contribution in [0, 0.1) is 0 Å². The molecule has 1 aromatic heterocycles. The number of carbonyl (C=O) groups is 1. The van der Waals surface area contributed by atoms with Crippen LogP contribution in [0.3, 0.4) is 0 Å². The first kappa shape index (κ1) is 11.1. The number of carbonyl (C=O) groups excluding carboxylic acids is 1. The quantitative estimate of drug-likeness (QED) is 0.495. The summed E-state index contributed by atoms with van der Waals surface area (Å²) in [7, 11) is 0. The van der Waals surface area contributed by atoms with Crippen molar-refractivity contribution in [2.24, 2.45) is 0 Å². The Morgan fingerprint density at radius 3 is 2.65 bits per heavy atom. The fraction of sp³-hybridized carbons (Fsp3) is 0. The number of benzene rings is 1. The standard InChI is InChI=1S/C14H12N2O/c15-13-3-1-2-12(10-13)14(17)5-4-11-6-8-16-9-7-11/h1-10H,15H2. The van der Waals surface area contributed by atoms with Crippen LogP contribution in [0.25, 0.3) is 6.08 Å². The fourth-order valence-corrected chi connectivity index (χ4v) is 1.43. The van der Waals surface area contributed by atoms with Gasteiger partial charge in [-0.2, -0.15) is 0 Å². The lowest BCUT2D eigenvalue weighted by Crippen LogP contribution is -1.95. The minimum atomic E-state index is -0.0610. The number of ketones is 1. The van der Waals surface area contributed by atoms with Crippen molar-refractivity contribution in [1.29, 1.82) is 0 Å². The molecule has 0 aliphatic carbocycles. The molecule has 0 unspecified atom stereocenters. The molecule has 0 saturated heterocycles. The summed E-state index contributed by atoms with van der Waals surface area (Å²) in [5, 5.41) is 0. The first-order valence-corrected chi connectivity index (χ1v) is 5.24. The van der Waals surface area contributed by atoms with Crippen molar-refractivity contribution in [3.8, 4) is 0 Å². The summed E-state index contributed by atoms with van der Waals surface area (Å²) in [5.41, 5.74) is 7.74. The lowest BCUT2D eigenvalue weighted by Gasteiger charge is -1.97. The number of anilines is 1. The zero-order valence-electron chi connectivity index (χ0n) is 9.21. The first-order valence-electron chi connectivity index (χ1n) is 5.24. The van der Waals surface area contributed by atoms with Crippen LogP contribution in [-0.2, 0) is 0 Å². The summed E-state index contributed by atoms with van der Waals surface area (Å²) in [6.45, 7) is 0.